The lowest BCUT2D eigenvalue weighted by atomic mass is 10.1. The Kier molecular flexibility index (Phi) is 5.36. The molecule has 0 aliphatic carbocycles. The molecule has 0 saturated heterocycles. The summed E-state index contributed by atoms with van der Waals surface area (Å²) in [5.74, 6) is -0.0787. The van der Waals surface area contributed by atoms with Gasteiger partial charge in [-0.25, -0.2) is 8.42 Å². The van der Waals surface area contributed by atoms with Gasteiger partial charge in [0.15, 0.2) is 0 Å². The highest BCUT2D eigenvalue weighted by atomic mass is 35.5. The Morgan fingerprint density at radius 2 is 1.79 bits per heavy atom. The van der Waals surface area contributed by atoms with Gasteiger partial charge in [-0.2, -0.15) is 0 Å². The van der Waals surface area contributed by atoms with Crippen LogP contribution in [0, 0.1) is 0 Å². The summed E-state index contributed by atoms with van der Waals surface area (Å²) in [7, 11) is -0.582. The maximum Gasteiger partial charge on any atom is 0.259 e. The number of amides is 1. The number of ether oxygens (including phenoxy) is 1. The topological polar surface area (TPSA) is 75.7 Å². The van der Waals surface area contributed by atoms with E-state index in [2.05, 4.69) is 5.32 Å². The molecule has 1 amide bonds. The molecule has 0 aliphatic heterocycles. The van der Waals surface area contributed by atoms with Crippen molar-refractivity contribution < 1.29 is 17.9 Å². The standard InChI is InChI=1S/C16H17ClN2O4S/c1-19(24(3,21)22)13-8-9-15(23-2)14(10-13)16(20)18-12-6-4-11(17)5-7-12/h4-10H,1-3H3,(H,18,20). The van der Waals surface area contributed by atoms with Crippen molar-refractivity contribution in [2.75, 3.05) is 30.0 Å². The van der Waals surface area contributed by atoms with Crippen LogP contribution >= 0.6 is 11.6 Å². The van der Waals surface area contributed by atoms with Crippen LogP contribution in [-0.4, -0.2) is 34.7 Å². The molecule has 0 fully saturated rings. The Morgan fingerprint density at radius 3 is 2.33 bits per heavy atom. The van der Waals surface area contributed by atoms with Crippen LogP contribution in [0.2, 0.25) is 5.02 Å². The van der Waals surface area contributed by atoms with Crippen LogP contribution in [0.15, 0.2) is 42.5 Å². The fourth-order valence-corrected chi connectivity index (χ4v) is 2.61. The summed E-state index contributed by atoms with van der Waals surface area (Å²) in [6, 6.07) is 11.2. The van der Waals surface area contributed by atoms with Gasteiger partial charge < -0.3 is 10.1 Å². The molecule has 1 N–H and O–H groups in total. The zero-order valence-electron chi connectivity index (χ0n) is 13.4. The van der Waals surface area contributed by atoms with E-state index in [1.54, 1.807) is 36.4 Å². The zero-order chi connectivity index (χ0) is 17.9. The number of halogens is 1. The molecule has 0 heterocycles. The first-order chi connectivity index (χ1) is 11.2. The summed E-state index contributed by atoms with van der Waals surface area (Å²) in [4.78, 5) is 12.5. The first kappa shape index (κ1) is 18.1. The van der Waals surface area contributed by atoms with Crippen molar-refractivity contribution in [2.45, 2.75) is 0 Å². The number of carbonyl (C=O) groups excluding carboxylic acids is 1. The van der Waals surface area contributed by atoms with E-state index in [-0.39, 0.29) is 5.56 Å². The van der Waals surface area contributed by atoms with E-state index in [4.69, 9.17) is 16.3 Å². The number of carbonyl (C=O) groups is 1. The molecule has 0 atom stereocenters. The van der Waals surface area contributed by atoms with Crippen LogP contribution in [0.1, 0.15) is 10.4 Å². The second-order valence-corrected chi connectivity index (χ2v) is 7.53. The van der Waals surface area contributed by atoms with Gasteiger partial charge in [0.2, 0.25) is 10.0 Å². The Hall–Kier alpha value is -2.25. The average molecular weight is 369 g/mol. The van der Waals surface area contributed by atoms with E-state index in [0.29, 0.717) is 22.1 Å². The molecule has 0 aliphatic rings. The first-order valence-electron chi connectivity index (χ1n) is 6.91. The van der Waals surface area contributed by atoms with Crippen molar-refractivity contribution in [1.29, 1.82) is 0 Å². The SMILES string of the molecule is COc1ccc(N(C)S(C)(=O)=O)cc1C(=O)Nc1ccc(Cl)cc1. The summed E-state index contributed by atoms with van der Waals surface area (Å²) in [5.41, 5.74) is 1.15. The first-order valence-corrected chi connectivity index (χ1v) is 9.14. The number of nitrogens with one attached hydrogen (secondary N) is 1. The Bertz CT molecular complexity index is 851. The summed E-state index contributed by atoms with van der Waals surface area (Å²) >= 11 is 5.82. The molecule has 8 heteroatoms. The molecule has 0 spiro atoms. The van der Waals surface area contributed by atoms with Crippen molar-refractivity contribution in [2.24, 2.45) is 0 Å². The van der Waals surface area contributed by atoms with Crippen LogP contribution in [0.25, 0.3) is 0 Å². The van der Waals surface area contributed by atoms with Gasteiger partial charge in [0.1, 0.15) is 5.75 Å². The van der Waals surface area contributed by atoms with Gasteiger partial charge in [-0.3, -0.25) is 9.10 Å². The normalized spacial score (nSPS) is 11.0. The molecule has 0 radical (unpaired) electrons. The van der Waals surface area contributed by atoms with Gasteiger partial charge in [-0.15, -0.1) is 0 Å². The Morgan fingerprint density at radius 1 is 1.17 bits per heavy atom. The maximum atomic E-state index is 12.5. The zero-order valence-corrected chi connectivity index (χ0v) is 15.0. The molecule has 6 nitrogen and oxygen atoms in total. The predicted octanol–water partition coefficient (Wildman–Crippen LogP) is 3.00. The molecule has 0 unspecified atom stereocenters. The molecular formula is C16H17ClN2O4S. The molecule has 128 valence electrons. The van der Waals surface area contributed by atoms with Gasteiger partial charge >= 0.3 is 0 Å². The van der Waals surface area contributed by atoms with Gasteiger partial charge in [-0.05, 0) is 42.5 Å². The number of nitrogens with zero attached hydrogens (tertiary/aromatic N) is 1. The minimum atomic E-state index is -3.44. The number of sulfonamides is 1. The Balaban J connectivity index is 2.36. The van der Waals surface area contributed by atoms with Crippen molar-refractivity contribution in [3.05, 3.63) is 53.1 Å². The van der Waals surface area contributed by atoms with Crippen LogP contribution in [0.4, 0.5) is 11.4 Å². The second-order valence-electron chi connectivity index (χ2n) is 5.08. The summed E-state index contributed by atoms with van der Waals surface area (Å²) in [6.07, 6.45) is 1.09. The van der Waals surface area contributed by atoms with Crippen molar-refractivity contribution in [1.82, 2.24) is 0 Å². The number of rotatable bonds is 5. The van der Waals surface area contributed by atoms with Gasteiger partial charge in [0, 0.05) is 17.8 Å². The summed E-state index contributed by atoms with van der Waals surface area (Å²) in [5, 5.41) is 3.28. The van der Waals surface area contributed by atoms with Crippen LogP contribution in [0.5, 0.6) is 5.75 Å². The number of anilines is 2. The third kappa shape index (κ3) is 4.18. The lowest BCUT2D eigenvalue weighted by Gasteiger charge is -2.18. The number of hydrogen-bond acceptors (Lipinski definition) is 4. The van der Waals surface area contributed by atoms with E-state index >= 15 is 0 Å². The monoisotopic (exact) mass is 368 g/mol. The minimum Gasteiger partial charge on any atom is -0.496 e. The van der Waals surface area contributed by atoms with Crippen molar-refractivity contribution in [3.63, 3.8) is 0 Å². The highest BCUT2D eigenvalue weighted by molar-refractivity contribution is 7.92. The highest BCUT2D eigenvalue weighted by Gasteiger charge is 2.18. The third-order valence-corrected chi connectivity index (χ3v) is 4.85. The van der Waals surface area contributed by atoms with E-state index in [9.17, 15) is 13.2 Å². The van der Waals surface area contributed by atoms with E-state index < -0.39 is 15.9 Å². The lowest BCUT2D eigenvalue weighted by Crippen LogP contribution is -2.25. The number of hydrogen-bond donors (Lipinski definition) is 1. The fraction of sp³-hybridized carbons (Fsp3) is 0.188. The minimum absolute atomic E-state index is 0.223. The molecule has 0 aromatic heterocycles. The van der Waals surface area contributed by atoms with Crippen LogP contribution in [0.3, 0.4) is 0 Å². The van der Waals surface area contributed by atoms with Crippen molar-refractivity contribution >= 4 is 38.9 Å². The maximum absolute atomic E-state index is 12.5. The van der Waals surface area contributed by atoms with Crippen LogP contribution < -0.4 is 14.4 Å². The largest absolute Gasteiger partial charge is 0.496 e. The predicted molar refractivity (Wildman–Crippen MR) is 95.6 cm³/mol. The lowest BCUT2D eigenvalue weighted by molar-refractivity contribution is 0.102. The van der Waals surface area contributed by atoms with Crippen LogP contribution in [-0.2, 0) is 10.0 Å². The molecule has 0 saturated carbocycles. The molecule has 24 heavy (non-hydrogen) atoms. The van der Waals surface area contributed by atoms with E-state index in [1.165, 1.54) is 20.2 Å². The molecule has 2 aromatic rings. The average Bonchev–Trinajstić information content (AvgIpc) is 2.54. The van der Waals surface area contributed by atoms with E-state index in [1.807, 2.05) is 0 Å². The summed E-state index contributed by atoms with van der Waals surface area (Å²) < 4.78 is 29.6. The summed E-state index contributed by atoms with van der Waals surface area (Å²) in [6.45, 7) is 0. The van der Waals surface area contributed by atoms with Gasteiger partial charge in [0.25, 0.3) is 5.91 Å². The smallest absolute Gasteiger partial charge is 0.259 e. The Labute approximate surface area is 146 Å². The fourth-order valence-electron chi connectivity index (χ4n) is 1.99. The molecular weight excluding hydrogens is 352 g/mol. The van der Waals surface area contributed by atoms with Gasteiger partial charge in [-0.1, -0.05) is 11.6 Å². The van der Waals surface area contributed by atoms with Crippen molar-refractivity contribution in [3.8, 4) is 5.75 Å². The number of benzene rings is 2. The highest BCUT2D eigenvalue weighted by Crippen LogP contribution is 2.26. The second kappa shape index (κ2) is 7.11. The molecule has 2 aromatic carbocycles. The number of methoxy groups -OCH3 is 1. The van der Waals surface area contributed by atoms with E-state index in [0.717, 1.165) is 10.6 Å². The van der Waals surface area contributed by atoms with Gasteiger partial charge in [0.05, 0.1) is 24.6 Å². The third-order valence-electron chi connectivity index (χ3n) is 3.39. The molecule has 2 rings (SSSR count). The quantitative estimate of drug-likeness (QED) is 0.880. The molecule has 0 bridgehead atoms.